The van der Waals surface area contributed by atoms with Crippen LogP contribution in [0.3, 0.4) is 0 Å². The second-order valence-electron chi connectivity index (χ2n) is 9.19. The molecule has 1 saturated heterocycles. The van der Waals surface area contributed by atoms with Crippen molar-refractivity contribution in [2.45, 2.75) is 42.8 Å². The number of piperidine rings is 1. The molecular weight excluding hydrogens is 512 g/mol. The largest absolute Gasteiger partial charge is 0.490 e. The van der Waals surface area contributed by atoms with Crippen molar-refractivity contribution in [1.29, 1.82) is 0 Å². The Morgan fingerprint density at radius 1 is 1.19 bits per heavy atom. The zero-order valence-corrected chi connectivity index (χ0v) is 21.2. The van der Waals surface area contributed by atoms with Gasteiger partial charge in [0.15, 0.2) is 11.6 Å². The lowest BCUT2D eigenvalue weighted by Gasteiger charge is -2.37. The molecule has 3 aromatic rings. The molecule has 190 valence electrons. The molecule has 0 unspecified atom stereocenters. The molecule has 36 heavy (non-hydrogen) atoms. The molecule has 0 amide bonds. The van der Waals surface area contributed by atoms with Gasteiger partial charge in [0.25, 0.3) is 9.84 Å². The zero-order chi connectivity index (χ0) is 25.7. The van der Waals surface area contributed by atoms with Crippen molar-refractivity contribution in [3.8, 4) is 22.6 Å². The Morgan fingerprint density at radius 3 is 2.58 bits per heavy atom. The normalized spacial score (nSPS) is 24.8. The van der Waals surface area contributed by atoms with Gasteiger partial charge in [-0.05, 0) is 61.1 Å². The lowest BCUT2D eigenvalue weighted by atomic mass is 9.92. The number of hydrogen-bond donors (Lipinski definition) is 0. The summed E-state index contributed by atoms with van der Waals surface area (Å²) in [6.45, 7) is 4.07. The number of aromatic nitrogens is 2. The number of benzene rings is 2. The molecule has 2 aliphatic rings. The van der Waals surface area contributed by atoms with Crippen molar-refractivity contribution >= 4 is 27.4 Å². The van der Waals surface area contributed by atoms with E-state index in [9.17, 15) is 17.2 Å². The first-order chi connectivity index (χ1) is 17.0. The average Bonchev–Trinajstić information content (AvgIpc) is 3.02. The van der Waals surface area contributed by atoms with Crippen LogP contribution in [0, 0.1) is 11.7 Å². The lowest BCUT2D eigenvalue weighted by Crippen LogP contribution is -2.43. The Kier molecular flexibility index (Phi) is 6.28. The Hall–Kier alpha value is -2.98. The minimum atomic E-state index is -4.24. The van der Waals surface area contributed by atoms with Crippen LogP contribution < -0.4 is 14.4 Å². The highest BCUT2D eigenvalue weighted by Gasteiger charge is 2.51. The van der Waals surface area contributed by atoms with E-state index in [0.717, 1.165) is 26.3 Å². The molecule has 11 heteroatoms. The van der Waals surface area contributed by atoms with E-state index < -0.39 is 20.8 Å². The van der Waals surface area contributed by atoms with Gasteiger partial charge in [-0.25, -0.2) is 22.8 Å². The van der Waals surface area contributed by atoms with E-state index in [0.29, 0.717) is 28.7 Å². The quantitative estimate of drug-likeness (QED) is 0.431. The Labute approximate surface area is 213 Å². The van der Waals surface area contributed by atoms with Crippen molar-refractivity contribution in [2.75, 3.05) is 18.1 Å². The molecule has 1 aromatic heterocycles. The summed E-state index contributed by atoms with van der Waals surface area (Å²) in [7, 11) is -4.24. The van der Waals surface area contributed by atoms with Crippen LogP contribution in [0.25, 0.3) is 11.1 Å². The molecule has 3 heterocycles. The Balaban J connectivity index is 1.23. The summed E-state index contributed by atoms with van der Waals surface area (Å²) in [6.07, 6.45) is 4.85. The molecule has 0 radical (unpaired) electrons. The standard InChI is InChI=1S/C25H24ClF2N3O4S/c1-15-9-16(7-8-31(15)24-29-12-19(26)13-30-24)14-34-21-5-3-17(10-20(21)27)18-4-6-23-22(11-18)35-25(2,28)36(23,32)33/h3-6,10-13,15-16H,7-9,14H2,1-2H3/t15-,16-,25-/m1/s1. The number of ether oxygens (including phenoxy) is 2. The van der Waals surface area contributed by atoms with Gasteiger partial charge in [0.1, 0.15) is 10.6 Å². The monoisotopic (exact) mass is 535 g/mol. The summed E-state index contributed by atoms with van der Waals surface area (Å²) < 4.78 is 64.3. The molecule has 3 atom stereocenters. The maximum absolute atomic E-state index is 14.9. The highest BCUT2D eigenvalue weighted by molar-refractivity contribution is 7.92. The summed E-state index contributed by atoms with van der Waals surface area (Å²) in [5.74, 6) is 0.373. The number of fused-ring (bicyclic) bond motifs is 1. The van der Waals surface area contributed by atoms with Gasteiger partial charge in [-0.15, -0.1) is 0 Å². The third kappa shape index (κ3) is 4.48. The molecule has 5 rings (SSSR count). The van der Waals surface area contributed by atoms with Crippen LogP contribution in [0.5, 0.6) is 11.5 Å². The molecule has 2 aromatic carbocycles. The van der Waals surface area contributed by atoms with Gasteiger partial charge in [0, 0.05) is 19.5 Å². The van der Waals surface area contributed by atoms with Gasteiger partial charge in [-0.3, -0.25) is 0 Å². The number of sulfone groups is 1. The fourth-order valence-electron chi connectivity index (χ4n) is 4.61. The van der Waals surface area contributed by atoms with Gasteiger partial charge < -0.3 is 14.4 Å². The fraction of sp³-hybridized carbons (Fsp3) is 0.360. The minimum absolute atomic E-state index is 0.0947. The van der Waals surface area contributed by atoms with Crippen molar-refractivity contribution < 1.29 is 26.7 Å². The summed E-state index contributed by atoms with van der Waals surface area (Å²) in [6, 6.07) is 8.87. The molecule has 2 aliphatic heterocycles. The van der Waals surface area contributed by atoms with E-state index in [1.165, 1.54) is 30.3 Å². The van der Waals surface area contributed by atoms with Crippen LogP contribution in [0.4, 0.5) is 14.7 Å². The first kappa shape index (κ1) is 24.7. The SMILES string of the molecule is C[C@@H]1C[C@H](COc2ccc(-c3ccc4c(c3)O[C@@](C)(F)S4(=O)=O)cc2F)CCN1c1ncc(Cl)cn1. The van der Waals surface area contributed by atoms with Gasteiger partial charge in [-0.1, -0.05) is 23.7 Å². The van der Waals surface area contributed by atoms with E-state index in [-0.39, 0.29) is 28.4 Å². The topological polar surface area (TPSA) is 81.6 Å². The molecule has 0 N–H and O–H groups in total. The number of halogens is 3. The minimum Gasteiger partial charge on any atom is -0.490 e. The highest BCUT2D eigenvalue weighted by atomic mass is 35.5. The summed E-state index contributed by atoms with van der Waals surface area (Å²) in [5.41, 5.74) is 0.985. The molecule has 7 nitrogen and oxygen atoms in total. The van der Waals surface area contributed by atoms with Crippen LogP contribution >= 0.6 is 11.6 Å². The predicted octanol–water partition coefficient (Wildman–Crippen LogP) is 5.43. The average molecular weight is 536 g/mol. The number of rotatable bonds is 5. The zero-order valence-electron chi connectivity index (χ0n) is 19.6. The van der Waals surface area contributed by atoms with Crippen LogP contribution in [-0.2, 0) is 9.84 Å². The van der Waals surface area contributed by atoms with Gasteiger partial charge in [-0.2, -0.15) is 4.39 Å². The van der Waals surface area contributed by atoms with Crippen molar-refractivity contribution in [1.82, 2.24) is 9.97 Å². The first-order valence-electron chi connectivity index (χ1n) is 11.5. The third-order valence-corrected chi connectivity index (χ3v) is 8.75. The number of hydrogen-bond acceptors (Lipinski definition) is 7. The molecule has 1 fully saturated rings. The summed E-state index contributed by atoms with van der Waals surface area (Å²) in [5, 5.41) is -2.34. The highest BCUT2D eigenvalue weighted by Crippen LogP contribution is 2.44. The van der Waals surface area contributed by atoms with Crippen molar-refractivity contribution in [3.63, 3.8) is 0 Å². The first-order valence-corrected chi connectivity index (χ1v) is 13.3. The van der Waals surface area contributed by atoms with Gasteiger partial charge >= 0.3 is 5.19 Å². The van der Waals surface area contributed by atoms with E-state index in [4.69, 9.17) is 21.1 Å². The van der Waals surface area contributed by atoms with Crippen LogP contribution in [0.15, 0.2) is 53.7 Å². The van der Waals surface area contributed by atoms with Gasteiger partial charge in [0.2, 0.25) is 5.95 Å². The maximum Gasteiger partial charge on any atom is 0.351 e. The van der Waals surface area contributed by atoms with Crippen molar-refractivity contribution in [2.24, 2.45) is 5.92 Å². The fourth-order valence-corrected chi connectivity index (χ4v) is 5.92. The maximum atomic E-state index is 14.9. The summed E-state index contributed by atoms with van der Waals surface area (Å²) in [4.78, 5) is 10.5. The number of nitrogens with zero attached hydrogens (tertiary/aromatic N) is 3. The molecule has 0 bridgehead atoms. The molecule has 0 spiro atoms. The molecular formula is C25H24ClF2N3O4S. The van der Waals surface area contributed by atoms with Crippen LogP contribution in [0.2, 0.25) is 5.02 Å². The number of anilines is 1. The predicted molar refractivity (Wildman–Crippen MR) is 131 cm³/mol. The number of alkyl halides is 1. The Bertz CT molecular complexity index is 1400. The van der Waals surface area contributed by atoms with Crippen LogP contribution in [0.1, 0.15) is 26.7 Å². The third-order valence-electron chi connectivity index (χ3n) is 6.59. The summed E-state index contributed by atoms with van der Waals surface area (Å²) >= 11 is 5.88. The Morgan fingerprint density at radius 2 is 1.89 bits per heavy atom. The van der Waals surface area contributed by atoms with Crippen molar-refractivity contribution in [3.05, 3.63) is 59.6 Å². The smallest absolute Gasteiger partial charge is 0.351 e. The van der Waals surface area contributed by atoms with E-state index >= 15 is 0 Å². The second kappa shape index (κ2) is 9.15. The van der Waals surface area contributed by atoms with E-state index in [2.05, 4.69) is 21.8 Å². The van der Waals surface area contributed by atoms with Crippen LogP contribution in [-0.4, -0.2) is 42.8 Å². The molecule has 0 aliphatic carbocycles. The van der Waals surface area contributed by atoms with E-state index in [1.807, 2.05) is 0 Å². The second-order valence-corrected chi connectivity index (χ2v) is 11.8. The van der Waals surface area contributed by atoms with Gasteiger partial charge in [0.05, 0.1) is 24.0 Å². The molecule has 0 saturated carbocycles. The van der Waals surface area contributed by atoms with E-state index in [1.54, 1.807) is 18.5 Å². The lowest BCUT2D eigenvalue weighted by molar-refractivity contribution is 0.0464.